The quantitative estimate of drug-likeness (QED) is 0.155. The third kappa shape index (κ3) is 9.29. The summed E-state index contributed by atoms with van der Waals surface area (Å²) in [7, 11) is 0. The molecule has 0 N–H and O–H groups in total. The predicted molar refractivity (Wildman–Crippen MR) is 140 cm³/mol. The maximum atomic E-state index is 12.4. The monoisotopic (exact) mass is 502 g/mol. The number of esters is 1. The van der Waals surface area contributed by atoms with Crippen LogP contribution in [0.25, 0.3) is 11.1 Å². The Balaban J connectivity index is 1.36. The summed E-state index contributed by atoms with van der Waals surface area (Å²) in [5.41, 5.74) is 3.24. The molecule has 0 bridgehead atoms. The van der Waals surface area contributed by atoms with Gasteiger partial charge in [0, 0.05) is 0 Å². The van der Waals surface area contributed by atoms with Gasteiger partial charge in [0.05, 0.1) is 0 Å². The first-order chi connectivity index (χ1) is 17.4. The molecule has 0 unspecified atom stereocenters. The van der Waals surface area contributed by atoms with Crippen molar-refractivity contribution in [3.8, 4) is 16.9 Å². The summed E-state index contributed by atoms with van der Waals surface area (Å²) in [4.78, 5) is 11.0. The molecule has 0 atom stereocenters. The van der Waals surface area contributed by atoms with Gasteiger partial charge in [0.1, 0.15) is 5.75 Å². The van der Waals surface area contributed by atoms with Gasteiger partial charge in [-0.3, -0.25) is 0 Å². The largest absolute Gasteiger partial charge is 0.491 e. The van der Waals surface area contributed by atoms with E-state index in [1.807, 2.05) is 0 Å². The predicted octanol–water partition coefficient (Wildman–Crippen LogP) is 10.0. The maximum absolute atomic E-state index is 12.4. The van der Waals surface area contributed by atoms with Crippen molar-refractivity contribution in [2.75, 3.05) is 0 Å². The number of benzene rings is 2. The molecule has 36 heavy (non-hydrogen) atoms. The van der Waals surface area contributed by atoms with Crippen LogP contribution in [0.2, 0.25) is 0 Å². The Hall–Kier alpha value is -2.30. The van der Waals surface area contributed by atoms with Crippen molar-refractivity contribution in [2.24, 2.45) is 5.92 Å². The number of carbonyl (C=O) groups is 1. The second-order valence-corrected chi connectivity index (χ2v) is 10.4. The van der Waals surface area contributed by atoms with Crippen LogP contribution >= 0.6 is 0 Å². The summed E-state index contributed by atoms with van der Waals surface area (Å²) in [6, 6.07) is 14.6. The number of rotatable bonds is 13. The molecule has 0 amide bonds. The van der Waals surface area contributed by atoms with Gasteiger partial charge < -0.3 is 4.74 Å². The summed E-state index contributed by atoms with van der Waals surface area (Å²) < 4.78 is 41.4. The molecule has 1 saturated carbocycles. The number of ether oxygens (including phenoxy) is 1. The lowest BCUT2D eigenvalue weighted by atomic mass is 9.77. The van der Waals surface area contributed by atoms with E-state index in [0.29, 0.717) is 5.92 Å². The highest BCUT2D eigenvalue weighted by molar-refractivity contribution is 5.78. The standard InChI is InChI=1S/C31H41F3O2/c1-2-3-4-5-6-7-8-9-10-11-24-12-14-25(15-13-24)26-16-18-27(19-17-26)28-20-22-29(23-21-28)36-30(35)31(32,33)34/h16-25H,2-15H2,1H3. The molecule has 3 rings (SSSR count). The highest BCUT2D eigenvalue weighted by Crippen LogP contribution is 2.38. The fraction of sp³-hybridized carbons (Fsp3) is 0.581. The Kier molecular flexibility index (Phi) is 11.3. The molecule has 1 aliphatic carbocycles. The summed E-state index contributed by atoms with van der Waals surface area (Å²) in [5.74, 6) is -0.822. The molecular weight excluding hydrogens is 461 g/mol. The number of hydrogen-bond donors (Lipinski definition) is 0. The van der Waals surface area contributed by atoms with Crippen LogP contribution in [0.5, 0.6) is 5.75 Å². The van der Waals surface area contributed by atoms with Crippen LogP contribution in [-0.4, -0.2) is 12.1 Å². The number of halogens is 3. The first-order valence-electron chi connectivity index (χ1n) is 13.9. The molecule has 5 heteroatoms. The fourth-order valence-corrected chi connectivity index (χ4v) is 5.36. The van der Waals surface area contributed by atoms with E-state index in [9.17, 15) is 18.0 Å². The number of alkyl halides is 3. The molecular formula is C31H41F3O2. The topological polar surface area (TPSA) is 26.3 Å². The van der Waals surface area contributed by atoms with Gasteiger partial charge in [-0.1, -0.05) is 108 Å². The van der Waals surface area contributed by atoms with Crippen molar-refractivity contribution in [2.45, 2.75) is 109 Å². The van der Waals surface area contributed by atoms with Crippen LogP contribution in [0.15, 0.2) is 48.5 Å². The van der Waals surface area contributed by atoms with Gasteiger partial charge in [-0.25, -0.2) is 4.79 Å². The molecule has 2 aromatic rings. The third-order valence-corrected chi connectivity index (χ3v) is 7.57. The van der Waals surface area contributed by atoms with E-state index in [-0.39, 0.29) is 5.75 Å². The summed E-state index contributed by atoms with van der Waals surface area (Å²) >= 11 is 0. The number of hydrogen-bond acceptors (Lipinski definition) is 2. The first kappa shape index (κ1) is 28.3. The zero-order valence-corrected chi connectivity index (χ0v) is 21.6. The average Bonchev–Trinajstić information content (AvgIpc) is 2.88. The Bertz CT molecular complexity index is 895. The molecule has 198 valence electrons. The summed E-state index contributed by atoms with van der Waals surface area (Å²) in [6.07, 6.45) is 14.0. The highest BCUT2D eigenvalue weighted by atomic mass is 19.4. The second-order valence-electron chi connectivity index (χ2n) is 10.4. The van der Waals surface area contributed by atoms with Crippen molar-refractivity contribution in [3.63, 3.8) is 0 Å². The van der Waals surface area contributed by atoms with Gasteiger partial charge in [0.25, 0.3) is 0 Å². The summed E-state index contributed by atoms with van der Waals surface area (Å²) in [5, 5.41) is 0. The summed E-state index contributed by atoms with van der Waals surface area (Å²) in [6.45, 7) is 2.27. The minimum atomic E-state index is -5.00. The van der Waals surface area contributed by atoms with E-state index in [0.717, 1.165) is 17.0 Å². The number of carbonyl (C=O) groups excluding carboxylic acids is 1. The van der Waals surface area contributed by atoms with Crippen molar-refractivity contribution in [1.29, 1.82) is 0 Å². The Labute approximate surface area is 214 Å². The minimum absolute atomic E-state index is 0.114. The van der Waals surface area contributed by atoms with E-state index in [4.69, 9.17) is 0 Å². The van der Waals surface area contributed by atoms with Gasteiger partial charge in [0.15, 0.2) is 0 Å². The van der Waals surface area contributed by atoms with E-state index < -0.39 is 12.1 Å². The minimum Gasteiger partial charge on any atom is -0.420 e. The number of unbranched alkanes of at least 4 members (excludes halogenated alkanes) is 8. The van der Waals surface area contributed by atoms with E-state index >= 15 is 0 Å². The van der Waals surface area contributed by atoms with Crippen LogP contribution in [-0.2, 0) is 4.79 Å². The van der Waals surface area contributed by atoms with Gasteiger partial charge in [-0.2, -0.15) is 13.2 Å². The molecule has 0 heterocycles. The average molecular weight is 503 g/mol. The van der Waals surface area contributed by atoms with Crippen LogP contribution < -0.4 is 4.74 Å². The van der Waals surface area contributed by atoms with Gasteiger partial charge >= 0.3 is 12.1 Å². The van der Waals surface area contributed by atoms with E-state index in [1.165, 1.54) is 108 Å². The zero-order valence-electron chi connectivity index (χ0n) is 21.6. The van der Waals surface area contributed by atoms with Crippen LogP contribution in [0.1, 0.15) is 108 Å². The molecule has 1 aliphatic rings. The molecule has 2 nitrogen and oxygen atoms in total. The lowest BCUT2D eigenvalue weighted by Gasteiger charge is -2.29. The molecule has 0 aromatic heterocycles. The van der Waals surface area contributed by atoms with Crippen LogP contribution in [0.4, 0.5) is 13.2 Å². The van der Waals surface area contributed by atoms with Crippen molar-refractivity contribution in [1.82, 2.24) is 0 Å². The normalized spacial score (nSPS) is 18.2. The molecule has 1 fully saturated rings. The SMILES string of the molecule is CCCCCCCCCCCC1CCC(c2ccc(-c3ccc(OC(=O)C(F)(F)F)cc3)cc2)CC1. The van der Waals surface area contributed by atoms with Gasteiger partial charge in [-0.05, 0) is 66.3 Å². The zero-order chi connectivity index (χ0) is 25.8. The van der Waals surface area contributed by atoms with E-state index in [1.54, 1.807) is 12.1 Å². The fourth-order valence-electron chi connectivity index (χ4n) is 5.36. The highest BCUT2D eigenvalue weighted by Gasteiger charge is 2.41. The second kappa shape index (κ2) is 14.4. The van der Waals surface area contributed by atoms with Crippen molar-refractivity contribution >= 4 is 5.97 Å². The van der Waals surface area contributed by atoms with Crippen molar-refractivity contribution in [3.05, 3.63) is 54.1 Å². The van der Waals surface area contributed by atoms with E-state index in [2.05, 4.69) is 35.9 Å². The Morgan fingerprint density at radius 2 is 1.25 bits per heavy atom. The van der Waals surface area contributed by atoms with Gasteiger partial charge in [-0.15, -0.1) is 0 Å². The smallest absolute Gasteiger partial charge is 0.420 e. The van der Waals surface area contributed by atoms with Crippen molar-refractivity contribution < 1.29 is 22.7 Å². The molecule has 0 spiro atoms. The molecule has 2 aromatic carbocycles. The van der Waals surface area contributed by atoms with Crippen LogP contribution in [0, 0.1) is 5.92 Å². The Morgan fingerprint density at radius 1 is 0.750 bits per heavy atom. The third-order valence-electron chi connectivity index (χ3n) is 7.57. The van der Waals surface area contributed by atoms with Gasteiger partial charge in [0.2, 0.25) is 0 Å². The molecule has 0 aliphatic heterocycles. The lowest BCUT2D eigenvalue weighted by molar-refractivity contribution is -0.189. The molecule has 0 radical (unpaired) electrons. The molecule has 0 saturated heterocycles. The van der Waals surface area contributed by atoms with Crippen LogP contribution in [0.3, 0.4) is 0 Å². The maximum Gasteiger partial charge on any atom is 0.491 e. The lowest BCUT2D eigenvalue weighted by Crippen LogP contribution is -2.27. The first-order valence-corrected chi connectivity index (χ1v) is 13.9. The Morgan fingerprint density at radius 3 is 1.78 bits per heavy atom.